The molecule has 0 unspecified atom stereocenters. The number of hydrogen-bond acceptors (Lipinski definition) is 7. The van der Waals surface area contributed by atoms with Crippen LogP contribution in [0.25, 0.3) is 0 Å². The summed E-state index contributed by atoms with van der Waals surface area (Å²) >= 11 is 0. The third-order valence-electron chi connectivity index (χ3n) is 5.19. The average Bonchev–Trinajstić information content (AvgIpc) is 2.65. The van der Waals surface area contributed by atoms with Crippen LogP contribution in [0.3, 0.4) is 0 Å². The summed E-state index contributed by atoms with van der Waals surface area (Å²) in [6.45, 7) is 3.98. The largest absolute Gasteiger partial charge is 0.392 e. The van der Waals surface area contributed by atoms with Crippen LogP contribution < -0.4 is 16.4 Å². The maximum atomic E-state index is 14.4. The van der Waals surface area contributed by atoms with E-state index in [0.29, 0.717) is 49.1 Å². The zero-order valence-corrected chi connectivity index (χ0v) is 15.6. The molecule has 0 aliphatic carbocycles. The minimum absolute atomic E-state index is 0.246. The first kappa shape index (κ1) is 19.3. The van der Waals surface area contributed by atoms with Gasteiger partial charge in [-0.2, -0.15) is 0 Å². The van der Waals surface area contributed by atoms with Crippen molar-refractivity contribution in [3.05, 3.63) is 53.4 Å². The molecule has 0 amide bonds. The molecule has 5 N–H and O–H groups in total. The van der Waals surface area contributed by atoms with Crippen LogP contribution in [0.15, 0.2) is 42.0 Å². The normalized spacial score (nSPS) is 19.4. The van der Waals surface area contributed by atoms with Gasteiger partial charge in [-0.25, -0.2) is 4.39 Å². The molecular formula is C19H28FN5O2. The molecule has 2 aliphatic heterocycles. The number of methoxy groups -OCH3 is 1. The van der Waals surface area contributed by atoms with Crippen LogP contribution in [-0.2, 0) is 11.3 Å². The van der Waals surface area contributed by atoms with Gasteiger partial charge in [0.2, 0.25) is 0 Å². The Kier molecular flexibility index (Phi) is 6.08. The Labute approximate surface area is 159 Å². The fourth-order valence-electron chi connectivity index (χ4n) is 3.32. The molecule has 2 heterocycles. The Balaban J connectivity index is 1.56. The highest BCUT2D eigenvalue weighted by Gasteiger charge is 2.26. The molecular weight excluding hydrogens is 349 g/mol. The average molecular weight is 377 g/mol. The predicted octanol–water partition coefficient (Wildman–Crippen LogP) is 0.371. The van der Waals surface area contributed by atoms with Crippen LogP contribution in [0.2, 0.25) is 0 Å². The summed E-state index contributed by atoms with van der Waals surface area (Å²) in [7, 11) is 1.70. The molecule has 0 atom stereocenters. The van der Waals surface area contributed by atoms with E-state index in [1.165, 1.54) is 0 Å². The summed E-state index contributed by atoms with van der Waals surface area (Å²) in [5.74, 6) is 0.968. The maximum absolute atomic E-state index is 14.4. The molecule has 2 saturated heterocycles. The summed E-state index contributed by atoms with van der Waals surface area (Å²) in [6.07, 6.45) is 3.88. The minimum atomic E-state index is -0.350. The third kappa shape index (κ3) is 4.28. The van der Waals surface area contributed by atoms with E-state index in [1.807, 2.05) is 22.0 Å². The minimum Gasteiger partial charge on any atom is -0.392 e. The van der Waals surface area contributed by atoms with Crippen molar-refractivity contribution < 1.29 is 14.2 Å². The third-order valence-corrected chi connectivity index (χ3v) is 5.19. The van der Waals surface area contributed by atoms with Crippen LogP contribution >= 0.6 is 0 Å². The molecule has 0 aromatic heterocycles. The number of nitrogens with two attached hydrogens (primary N) is 2. The molecule has 0 bridgehead atoms. The second-order valence-electron chi connectivity index (χ2n) is 6.83. The van der Waals surface area contributed by atoms with E-state index < -0.39 is 0 Å². The number of aliphatic hydroxyl groups is 1. The number of piperazine rings is 1. The van der Waals surface area contributed by atoms with E-state index in [4.69, 9.17) is 16.2 Å². The molecule has 0 spiro atoms. The van der Waals surface area contributed by atoms with E-state index in [9.17, 15) is 9.50 Å². The van der Waals surface area contributed by atoms with Gasteiger partial charge >= 0.3 is 0 Å². The van der Waals surface area contributed by atoms with E-state index in [2.05, 4.69) is 4.90 Å². The number of aliphatic hydroxyl groups excluding tert-OH is 1. The number of anilines is 1. The standard InChI is InChI=1S/C19H28FN5O2/c1-27-15-11-25(12-15)18(22)6-5-17(21)24-9-7-23(8-10-24)16-4-2-3-14(13-26)19(16)20/h2-6,15,26H,7-13,21-22H2,1H3/b17-5+,18-6+. The smallest absolute Gasteiger partial charge is 0.151 e. The molecule has 2 fully saturated rings. The predicted molar refractivity (Wildman–Crippen MR) is 103 cm³/mol. The second-order valence-corrected chi connectivity index (χ2v) is 6.83. The number of likely N-dealkylation sites (tertiary alicyclic amines) is 1. The first-order valence-electron chi connectivity index (χ1n) is 9.12. The molecule has 27 heavy (non-hydrogen) atoms. The van der Waals surface area contributed by atoms with Gasteiger partial charge in [-0.15, -0.1) is 0 Å². The monoisotopic (exact) mass is 377 g/mol. The highest BCUT2D eigenvalue weighted by molar-refractivity contribution is 5.50. The molecule has 8 heteroatoms. The quantitative estimate of drug-likeness (QED) is 0.617. The molecule has 2 aliphatic rings. The lowest BCUT2D eigenvalue weighted by molar-refractivity contribution is -0.0121. The van der Waals surface area contributed by atoms with Crippen molar-refractivity contribution in [2.24, 2.45) is 11.5 Å². The summed E-state index contributed by atoms with van der Waals surface area (Å²) in [5.41, 5.74) is 13.1. The van der Waals surface area contributed by atoms with Crippen molar-refractivity contribution in [3.63, 3.8) is 0 Å². The Hall–Kier alpha value is -2.45. The lowest BCUT2D eigenvalue weighted by Gasteiger charge is -2.40. The van der Waals surface area contributed by atoms with Crippen LogP contribution in [-0.4, -0.2) is 67.4 Å². The number of rotatable bonds is 6. The SMILES string of the molecule is COC1CN(/C(N)=C/C=C(\N)N2CCN(c3cccc(CO)c3F)CC2)C1. The van der Waals surface area contributed by atoms with Crippen molar-refractivity contribution in [1.82, 2.24) is 9.80 Å². The number of benzene rings is 1. The number of ether oxygens (including phenoxy) is 1. The van der Waals surface area contributed by atoms with Crippen LogP contribution in [0.1, 0.15) is 5.56 Å². The Bertz CT molecular complexity index is 710. The van der Waals surface area contributed by atoms with Crippen molar-refractivity contribution in [1.29, 1.82) is 0 Å². The van der Waals surface area contributed by atoms with Crippen molar-refractivity contribution in [3.8, 4) is 0 Å². The van der Waals surface area contributed by atoms with Gasteiger partial charge in [0, 0.05) is 51.9 Å². The molecule has 0 saturated carbocycles. The lowest BCUT2D eigenvalue weighted by atomic mass is 10.1. The van der Waals surface area contributed by atoms with Gasteiger partial charge < -0.3 is 36.0 Å². The maximum Gasteiger partial charge on any atom is 0.151 e. The fourth-order valence-corrected chi connectivity index (χ4v) is 3.32. The highest BCUT2D eigenvalue weighted by atomic mass is 19.1. The van der Waals surface area contributed by atoms with Gasteiger partial charge in [0.25, 0.3) is 0 Å². The number of hydrogen-bond donors (Lipinski definition) is 3. The van der Waals surface area contributed by atoms with Gasteiger partial charge in [-0.05, 0) is 18.2 Å². The first-order valence-corrected chi connectivity index (χ1v) is 9.12. The Morgan fingerprint density at radius 1 is 1.15 bits per heavy atom. The Morgan fingerprint density at radius 2 is 1.78 bits per heavy atom. The molecule has 1 aromatic rings. The molecule has 1 aromatic carbocycles. The van der Waals surface area contributed by atoms with Gasteiger partial charge in [-0.1, -0.05) is 12.1 Å². The zero-order valence-electron chi connectivity index (χ0n) is 15.6. The zero-order chi connectivity index (χ0) is 19.4. The van der Waals surface area contributed by atoms with E-state index in [0.717, 1.165) is 13.1 Å². The van der Waals surface area contributed by atoms with E-state index in [1.54, 1.807) is 25.3 Å². The number of halogens is 1. The van der Waals surface area contributed by atoms with Crippen LogP contribution in [0.5, 0.6) is 0 Å². The molecule has 7 nitrogen and oxygen atoms in total. The van der Waals surface area contributed by atoms with Crippen molar-refractivity contribution in [2.45, 2.75) is 12.7 Å². The van der Waals surface area contributed by atoms with Gasteiger partial charge in [0.05, 0.1) is 30.0 Å². The van der Waals surface area contributed by atoms with Crippen molar-refractivity contribution in [2.75, 3.05) is 51.3 Å². The molecule has 3 rings (SSSR count). The number of allylic oxidation sites excluding steroid dienone is 2. The van der Waals surface area contributed by atoms with Crippen molar-refractivity contribution >= 4 is 5.69 Å². The van der Waals surface area contributed by atoms with Crippen LogP contribution in [0, 0.1) is 5.82 Å². The number of nitrogens with zero attached hydrogens (tertiary/aromatic N) is 3. The summed E-state index contributed by atoms with van der Waals surface area (Å²) in [6, 6.07) is 5.11. The van der Waals surface area contributed by atoms with E-state index in [-0.39, 0.29) is 18.5 Å². The lowest BCUT2D eigenvalue weighted by Crippen LogP contribution is -2.52. The molecule has 148 valence electrons. The summed E-state index contributed by atoms with van der Waals surface area (Å²) in [5, 5.41) is 9.23. The second kappa shape index (κ2) is 8.49. The summed E-state index contributed by atoms with van der Waals surface area (Å²) < 4.78 is 19.6. The van der Waals surface area contributed by atoms with Gasteiger partial charge in [0.15, 0.2) is 5.82 Å². The topological polar surface area (TPSA) is 91.2 Å². The van der Waals surface area contributed by atoms with Crippen LogP contribution in [0.4, 0.5) is 10.1 Å². The van der Waals surface area contributed by atoms with Gasteiger partial charge in [-0.3, -0.25) is 0 Å². The van der Waals surface area contributed by atoms with Gasteiger partial charge in [0.1, 0.15) is 0 Å². The first-order chi connectivity index (χ1) is 13.0. The molecule has 0 radical (unpaired) electrons. The highest BCUT2D eigenvalue weighted by Crippen LogP contribution is 2.24. The Morgan fingerprint density at radius 3 is 2.37 bits per heavy atom. The fraction of sp³-hybridized carbons (Fsp3) is 0.474. The van der Waals surface area contributed by atoms with E-state index >= 15 is 0 Å². The summed E-state index contributed by atoms with van der Waals surface area (Å²) in [4.78, 5) is 6.07.